The van der Waals surface area contributed by atoms with Gasteiger partial charge in [-0.25, -0.2) is 0 Å². The van der Waals surface area contributed by atoms with Crippen LogP contribution in [0.2, 0.25) is 0 Å². The summed E-state index contributed by atoms with van der Waals surface area (Å²) in [6.45, 7) is 5.32. The quantitative estimate of drug-likeness (QED) is 0.849. The molecular weight excluding hydrogens is 238 g/mol. The Morgan fingerprint density at radius 3 is 2.21 bits per heavy atom. The van der Waals surface area contributed by atoms with E-state index in [1.807, 2.05) is 0 Å². The molecule has 0 radical (unpaired) electrons. The fourth-order valence-electron chi connectivity index (χ4n) is 5.03. The minimum absolute atomic E-state index is 0.247. The van der Waals surface area contributed by atoms with E-state index in [1.165, 1.54) is 32.1 Å². The summed E-state index contributed by atoms with van der Waals surface area (Å²) in [5.41, 5.74) is 0. The zero-order valence-electron chi connectivity index (χ0n) is 12.2. The maximum absolute atomic E-state index is 11.7. The van der Waals surface area contributed by atoms with Crippen molar-refractivity contribution in [3.63, 3.8) is 0 Å². The van der Waals surface area contributed by atoms with Crippen molar-refractivity contribution in [2.75, 3.05) is 6.54 Å². The summed E-state index contributed by atoms with van der Waals surface area (Å²) < 4.78 is 0. The fraction of sp³-hybridized carbons (Fsp3) is 0.938. The summed E-state index contributed by atoms with van der Waals surface area (Å²) in [5, 5.41) is 9.62. The van der Waals surface area contributed by atoms with E-state index in [0.717, 1.165) is 30.7 Å². The second-order valence-electron chi connectivity index (χ2n) is 7.61. The molecule has 0 amide bonds. The number of carboxylic acid groups (broad SMARTS) is 1. The summed E-state index contributed by atoms with van der Waals surface area (Å²) >= 11 is 0. The first-order valence-electron chi connectivity index (χ1n) is 8.01. The lowest BCUT2D eigenvalue weighted by Crippen LogP contribution is -2.49. The van der Waals surface area contributed by atoms with Gasteiger partial charge in [-0.2, -0.15) is 0 Å². The van der Waals surface area contributed by atoms with Gasteiger partial charge in [-0.15, -0.1) is 0 Å². The SMILES string of the molecule is CC(C)CC(C(=O)O)N1CC2CC3CC(C2)CC1C3. The van der Waals surface area contributed by atoms with Gasteiger partial charge < -0.3 is 5.11 Å². The van der Waals surface area contributed by atoms with Gasteiger partial charge in [0.25, 0.3) is 0 Å². The van der Waals surface area contributed by atoms with Crippen molar-refractivity contribution in [1.29, 1.82) is 0 Å². The Kier molecular flexibility index (Phi) is 3.59. The monoisotopic (exact) mass is 265 g/mol. The summed E-state index contributed by atoms with van der Waals surface area (Å²) in [5.74, 6) is 2.40. The molecular formula is C16H27NO2. The molecule has 3 nitrogen and oxygen atoms in total. The number of fused-ring (bicyclic) bond motifs is 1. The minimum atomic E-state index is -0.602. The maximum atomic E-state index is 11.7. The van der Waals surface area contributed by atoms with Gasteiger partial charge in [0, 0.05) is 12.6 Å². The molecule has 2 saturated carbocycles. The summed E-state index contributed by atoms with van der Waals surface area (Å²) in [6.07, 6.45) is 7.45. The van der Waals surface area contributed by atoms with Crippen LogP contribution in [0.4, 0.5) is 0 Å². The molecule has 0 aromatic heterocycles. The van der Waals surface area contributed by atoms with Crippen LogP contribution in [0.15, 0.2) is 0 Å². The molecule has 19 heavy (non-hydrogen) atoms. The Bertz CT molecular complexity index is 341. The number of carbonyl (C=O) groups is 1. The molecule has 4 rings (SSSR count). The zero-order chi connectivity index (χ0) is 13.6. The van der Waals surface area contributed by atoms with Crippen LogP contribution < -0.4 is 0 Å². The molecule has 2 heterocycles. The molecule has 2 aliphatic heterocycles. The zero-order valence-corrected chi connectivity index (χ0v) is 12.2. The third-order valence-electron chi connectivity index (χ3n) is 5.53. The van der Waals surface area contributed by atoms with Gasteiger partial charge in [0.1, 0.15) is 6.04 Å². The standard InChI is InChI=1S/C16H27NO2/c1-10(2)3-15(16(18)19)17-9-13-5-11-4-12(6-13)8-14(17)7-11/h10-15H,3-9H2,1-2H3,(H,18,19). The topological polar surface area (TPSA) is 40.5 Å². The third kappa shape index (κ3) is 2.67. The van der Waals surface area contributed by atoms with Crippen LogP contribution in [0, 0.1) is 23.7 Å². The predicted molar refractivity (Wildman–Crippen MR) is 74.9 cm³/mol. The van der Waals surface area contributed by atoms with Crippen molar-refractivity contribution < 1.29 is 9.90 Å². The van der Waals surface area contributed by atoms with Crippen LogP contribution in [0.5, 0.6) is 0 Å². The van der Waals surface area contributed by atoms with E-state index in [4.69, 9.17) is 0 Å². The van der Waals surface area contributed by atoms with Gasteiger partial charge in [-0.05, 0) is 62.2 Å². The van der Waals surface area contributed by atoms with Crippen molar-refractivity contribution in [3.05, 3.63) is 0 Å². The fourth-order valence-corrected chi connectivity index (χ4v) is 5.03. The third-order valence-corrected chi connectivity index (χ3v) is 5.53. The number of nitrogens with zero attached hydrogens (tertiary/aromatic N) is 1. The van der Waals surface area contributed by atoms with Crippen LogP contribution in [0.1, 0.15) is 52.4 Å². The summed E-state index contributed by atoms with van der Waals surface area (Å²) in [7, 11) is 0. The van der Waals surface area contributed by atoms with Crippen molar-refractivity contribution in [1.82, 2.24) is 4.90 Å². The van der Waals surface area contributed by atoms with Crippen LogP contribution >= 0.6 is 0 Å². The molecule has 2 aliphatic carbocycles. The Morgan fingerprint density at radius 1 is 1.11 bits per heavy atom. The molecule has 3 atom stereocenters. The molecule has 4 bridgehead atoms. The maximum Gasteiger partial charge on any atom is 0.320 e. The molecule has 0 aromatic rings. The van der Waals surface area contributed by atoms with Gasteiger partial charge in [0.2, 0.25) is 0 Å². The number of rotatable bonds is 4. The lowest BCUT2D eigenvalue weighted by molar-refractivity contribution is -0.145. The molecule has 3 heteroatoms. The van der Waals surface area contributed by atoms with Gasteiger partial charge >= 0.3 is 5.97 Å². The van der Waals surface area contributed by atoms with Crippen LogP contribution in [0.25, 0.3) is 0 Å². The predicted octanol–water partition coefficient (Wildman–Crippen LogP) is 3.00. The molecule has 108 valence electrons. The van der Waals surface area contributed by atoms with Gasteiger partial charge in [0.05, 0.1) is 0 Å². The highest BCUT2D eigenvalue weighted by Crippen LogP contribution is 2.48. The van der Waals surface area contributed by atoms with E-state index in [9.17, 15) is 9.90 Å². The van der Waals surface area contributed by atoms with E-state index in [-0.39, 0.29) is 6.04 Å². The Morgan fingerprint density at radius 2 is 1.68 bits per heavy atom. The van der Waals surface area contributed by atoms with E-state index in [0.29, 0.717) is 12.0 Å². The highest BCUT2D eigenvalue weighted by atomic mass is 16.4. The molecule has 4 fully saturated rings. The average Bonchev–Trinajstić information content (AvgIpc) is 2.50. The first kappa shape index (κ1) is 13.4. The molecule has 3 unspecified atom stereocenters. The molecule has 2 saturated heterocycles. The normalized spacial score (nSPS) is 39.5. The van der Waals surface area contributed by atoms with Crippen molar-refractivity contribution in [3.8, 4) is 0 Å². The number of hydrogen-bond acceptors (Lipinski definition) is 2. The first-order valence-corrected chi connectivity index (χ1v) is 8.01. The van der Waals surface area contributed by atoms with Gasteiger partial charge in [-0.3, -0.25) is 9.69 Å². The molecule has 4 aliphatic rings. The Labute approximate surface area is 116 Å². The van der Waals surface area contributed by atoms with E-state index in [2.05, 4.69) is 18.7 Å². The summed E-state index contributed by atoms with van der Waals surface area (Å²) in [4.78, 5) is 14.1. The van der Waals surface area contributed by atoms with Gasteiger partial charge in [0.15, 0.2) is 0 Å². The molecule has 1 N–H and O–H groups in total. The lowest BCUT2D eigenvalue weighted by Gasteiger charge is -2.40. The second kappa shape index (κ2) is 5.08. The van der Waals surface area contributed by atoms with E-state index in [1.54, 1.807) is 0 Å². The highest BCUT2D eigenvalue weighted by molar-refractivity contribution is 5.73. The van der Waals surface area contributed by atoms with Crippen LogP contribution in [-0.4, -0.2) is 34.6 Å². The first-order chi connectivity index (χ1) is 9.02. The highest BCUT2D eigenvalue weighted by Gasteiger charge is 2.45. The van der Waals surface area contributed by atoms with Crippen molar-refractivity contribution >= 4 is 5.97 Å². The number of carboxylic acids is 1. The van der Waals surface area contributed by atoms with E-state index >= 15 is 0 Å². The van der Waals surface area contributed by atoms with Crippen molar-refractivity contribution in [2.24, 2.45) is 23.7 Å². The second-order valence-corrected chi connectivity index (χ2v) is 7.61. The number of hydrogen-bond donors (Lipinski definition) is 1. The van der Waals surface area contributed by atoms with Crippen LogP contribution in [0.3, 0.4) is 0 Å². The number of aliphatic carboxylic acids is 1. The average molecular weight is 265 g/mol. The molecule has 0 spiro atoms. The van der Waals surface area contributed by atoms with Crippen molar-refractivity contribution in [2.45, 2.75) is 64.5 Å². The Balaban J connectivity index is 1.80. The smallest absolute Gasteiger partial charge is 0.320 e. The van der Waals surface area contributed by atoms with Crippen LogP contribution in [-0.2, 0) is 4.79 Å². The molecule has 0 aromatic carbocycles. The van der Waals surface area contributed by atoms with Gasteiger partial charge in [-0.1, -0.05) is 13.8 Å². The lowest BCUT2D eigenvalue weighted by atomic mass is 9.68. The minimum Gasteiger partial charge on any atom is -0.480 e. The summed E-state index contributed by atoms with van der Waals surface area (Å²) in [6, 6.07) is 0.305. The largest absolute Gasteiger partial charge is 0.480 e. The van der Waals surface area contributed by atoms with E-state index < -0.39 is 5.97 Å². The Hall–Kier alpha value is -0.570.